The van der Waals surface area contributed by atoms with E-state index in [1.807, 2.05) is 0 Å². The van der Waals surface area contributed by atoms with Crippen molar-refractivity contribution in [2.45, 2.75) is 6.92 Å². The van der Waals surface area contributed by atoms with Crippen LogP contribution in [0, 0.1) is 12.7 Å². The van der Waals surface area contributed by atoms with Gasteiger partial charge in [0.05, 0.1) is 0 Å². The topological polar surface area (TPSA) is 59.9 Å². The molecule has 0 radical (unpaired) electrons. The molecule has 1 N–H and O–H groups in total. The SMILES string of the molecule is CNc1nc(Cl)nc(Oc2ccc(F)cc2C)n1. The van der Waals surface area contributed by atoms with Crippen LogP contribution in [0.1, 0.15) is 5.56 Å². The monoisotopic (exact) mass is 268 g/mol. The summed E-state index contributed by atoms with van der Waals surface area (Å²) in [6, 6.07) is 4.21. The van der Waals surface area contributed by atoms with Crippen molar-refractivity contribution in [1.29, 1.82) is 0 Å². The van der Waals surface area contributed by atoms with Crippen LogP contribution in [-0.2, 0) is 0 Å². The van der Waals surface area contributed by atoms with Crippen molar-refractivity contribution in [2.75, 3.05) is 12.4 Å². The zero-order valence-corrected chi connectivity index (χ0v) is 10.5. The molecular weight excluding hydrogens is 259 g/mol. The zero-order valence-electron chi connectivity index (χ0n) is 9.74. The fraction of sp³-hybridized carbons (Fsp3) is 0.182. The van der Waals surface area contributed by atoms with E-state index < -0.39 is 0 Å². The van der Waals surface area contributed by atoms with E-state index in [9.17, 15) is 4.39 Å². The number of nitrogens with zero attached hydrogens (tertiary/aromatic N) is 3. The highest BCUT2D eigenvalue weighted by atomic mass is 35.5. The first-order valence-electron chi connectivity index (χ1n) is 5.12. The first-order valence-corrected chi connectivity index (χ1v) is 5.49. The number of benzene rings is 1. The molecule has 0 fully saturated rings. The number of nitrogens with one attached hydrogen (secondary N) is 1. The van der Waals surface area contributed by atoms with Gasteiger partial charge in [-0.25, -0.2) is 4.39 Å². The molecule has 0 aliphatic heterocycles. The molecule has 1 aromatic carbocycles. The van der Waals surface area contributed by atoms with Gasteiger partial charge in [-0.05, 0) is 42.3 Å². The summed E-state index contributed by atoms with van der Waals surface area (Å²) in [6.07, 6.45) is 0. The van der Waals surface area contributed by atoms with E-state index in [0.717, 1.165) is 0 Å². The van der Waals surface area contributed by atoms with Gasteiger partial charge in [-0.3, -0.25) is 0 Å². The number of ether oxygens (including phenoxy) is 1. The minimum absolute atomic E-state index is 0.0177. The Labute approximate surface area is 108 Å². The molecule has 0 spiro atoms. The molecule has 0 aliphatic carbocycles. The highest BCUT2D eigenvalue weighted by molar-refractivity contribution is 6.28. The number of aromatic nitrogens is 3. The third-order valence-corrected chi connectivity index (χ3v) is 2.32. The van der Waals surface area contributed by atoms with Crippen LogP contribution >= 0.6 is 11.6 Å². The van der Waals surface area contributed by atoms with Gasteiger partial charge in [0.1, 0.15) is 11.6 Å². The summed E-state index contributed by atoms with van der Waals surface area (Å²) in [7, 11) is 1.65. The molecule has 2 rings (SSSR count). The highest BCUT2D eigenvalue weighted by Gasteiger charge is 2.08. The molecule has 0 atom stereocenters. The molecule has 0 aliphatic rings. The van der Waals surface area contributed by atoms with E-state index in [0.29, 0.717) is 17.3 Å². The Morgan fingerprint density at radius 2 is 2.06 bits per heavy atom. The Morgan fingerprint density at radius 3 is 2.72 bits per heavy atom. The number of aryl methyl sites for hydroxylation is 1. The molecule has 0 saturated carbocycles. The van der Waals surface area contributed by atoms with Crippen LogP contribution in [0.15, 0.2) is 18.2 Å². The normalized spacial score (nSPS) is 10.2. The lowest BCUT2D eigenvalue weighted by molar-refractivity contribution is 0.436. The number of rotatable bonds is 3. The van der Waals surface area contributed by atoms with E-state index in [1.54, 1.807) is 14.0 Å². The fourth-order valence-corrected chi connectivity index (χ4v) is 1.47. The minimum Gasteiger partial charge on any atom is -0.424 e. The summed E-state index contributed by atoms with van der Waals surface area (Å²) in [5.74, 6) is 0.426. The number of anilines is 1. The van der Waals surface area contributed by atoms with Crippen molar-refractivity contribution < 1.29 is 9.13 Å². The second-order valence-corrected chi connectivity index (χ2v) is 3.81. The molecule has 0 unspecified atom stereocenters. The maximum absolute atomic E-state index is 12.9. The molecule has 7 heteroatoms. The van der Waals surface area contributed by atoms with Crippen molar-refractivity contribution >= 4 is 17.5 Å². The van der Waals surface area contributed by atoms with Crippen LogP contribution in [0.5, 0.6) is 11.8 Å². The molecule has 1 aromatic heterocycles. The number of halogens is 2. The standard InChI is InChI=1S/C11H10ClFN4O/c1-6-5-7(13)3-4-8(6)18-11-16-9(12)15-10(14-2)17-11/h3-5H,1-2H3,(H,14,15,16,17). The maximum Gasteiger partial charge on any atom is 0.328 e. The molecule has 0 amide bonds. The van der Waals surface area contributed by atoms with Crippen molar-refractivity contribution in [1.82, 2.24) is 15.0 Å². The second kappa shape index (κ2) is 5.14. The van der Waals surface area contributed by atoms with Crippen LogP contribution < -0.4 is 10.1 Å². The van der Waals surface area contributed by atoms with Crippen LogP contribution in [0.25, 0.3) is 0 Å². The second-order valence-electron chi connectivity index (χ2n) is 3.47. The predicted octanol–water partition coefficient (Wildman–Crippen LogP) is 2.81. The van der Waals surface area contributed by atoms with Gasteiger partial charge in [-0.2, -0.15) is 15.0 Å². The van der Waals surface area contributed by atoms with E-state index in [4.69, 9.17) is 16.3 Å². The largest absolute Gasteiger partial charge is 0.424 e. The first kappa shape index (κ1) is 12.5. The van der Waals surface area contributed by atoms with Crippen molar-refractivity contribution in [3.8, 4) is 11.8 Å². The van der Waals surface area contributed by atoms with Crippen LogP contribution in [0.4, 0.5) is 10.3 Å². The first-order chi connectivity index (χ1) is 8.58. The van der Waals surface area contributed by atoms with Gasteiger partial charge < -0.3 is 10.1 Å². The van der Waals surface area contributed by atoms with Gasteiger partial charge in [0.25, 0.3) is 0 Å². The Kier molecular flexibility index (Phi) is 3.57. The summed E-state index contributed by atoms with van der Waals surface area (Å²) >= 11 is 5.72. The van der Waals surface area contributed by atoms with E-state index in [2.05, 4.69) is 20.3 Å². The Hall–Kier alpha value is -1.95. The quantitative estimate of drug-likeness (QED) is 0.927. The van der Waals surface area contributed by atoms with E-state index in [1.165, 1.54) is 18.2 Å². The molecule has 2 aromatic rings. The smallest absolute Gasteiger partial charge is 0.328 e. The molecule has 5 nitrogen and oxygen atoms in total. The van der Waals surface area contributed by atoms with Crippen LogP contribution in [0.2, 0.25) is 5.28 Å². The minimum atomic E-state index is -0.329. The molecule has 0 bridgehead atoms. The Morgan fingerprint density at radius 1 is 1.28 bits per heavy atom. The predicted molar refractivity (Wildman–Crippen MR) is 65.6 cm³/mol. The van der Waals surface area contributed by atoms with Gasteiger partial charge in [-0.1, -0.05) is 0 Å². The molecule has 0 saturated heterocycles. The molecular formula is C11H10ClFN4O. The summed E-state index contributed by atoms with van der Waals surface area (Å²) in [6.45, 7) is 1.72. The lowest BCUT2D eigenvalue weighted by Gasteiger charge is -2.07. The molecule has 94 valence electrons. The zero-order chi connectivity index (χ0) is 13.1. The summed E-state index contributed by atoms with van der Waals surface area (Å²) in [5.41, 5.74) is 0.637. The third-order valence-electron chi connectivity index (χ3n) is 2.15. The van der Waals surface area contributed by atoms with Gasteiger partial charge in [0.15, 0.2) is 0 Å². The fourth-order valence-electron chi connectivity index (χ4n) is 1.32. The van der Waals surface area contributed by atoms with E-state index >= 15 is 0 Å². The highest BCUT2D eigenvalue weighted by Crippen LogP contribution is 2.24. The molecule has 18 heavy (non-hydrogen) atoms. The van der Waals surface area contributed by atoms with Gasteiger partial charge >= 0.3 is 6.01 Å². The van der Waals surface area contributed by atoms with Gasteiger partial charge in [0, 0.05) is 7.05 Å². The lowest BCUT2D eigenvalue weighted by Crippen LogP contribution is -2.01. The van der Waals surface area contributed by atoms with Gasteiger partial charge in [0.2, 0.25) is 11.2 Å². The van der Waals surface area contributed by atoms with Gasteiger partial charge in [-0.15, -0.1) is 0 Å². The number of hydrogen-bond donors (Lipinski definition) is 1. The molecule has 1 heterocycles. The number of hydrogen-bond acceptors (Lipinski definition) is 5. The average molecular weight is 269 g/mol. The Bertz CT molecular complexity index is 579. The van der Waals surface area contributed by atoms with Crippen molar-refractivity contribution in [3.05, 3.63) is 34.9 Å². The maximum atomic E-state index is 12.9. The van der Waals surface area contributed by atoms with Crippen molar-refractivity contribution in [3.63, 3.8) is 0 Å². The summed E-state index contributed by atoms with van der Waals surface area (Å²) < 4.78 is 18.4. The summed E-state index contributed by atoms with van der Waals surface area (Å²) in [4.78, 5) is 11.6. The lowest BCUT2D eigenvalue weighted by atomic mass is 10.2. The van der Waals surface area contributed by atoms with Crippen LogP contribution in [-0.4, -0.2) is 22.0 Å². The average Bonchev–Trinajstić information content (AvgIpc) is 2.32. The van der Waals surface area contributed by atoms with Crippen LogP contribution in [0.3, 0.4) is 0 Å². The Balaban J connectivity index is 2.30. The third kappa shape index (κ3) is 2.84. The summed E-state index contributed by atoms with van der Waals surface area (Å²) in [5, 5.41) is 2.75. The van der Waals surface area contributed by atoms with E-state index in [-0.39, 0.29) is 17.1 Å². The van der Waals surface area contributed by atoms with Crippen molar-refractivity contribution in [2.24, 2.45) is 0 Å².